The van der Waals surface area contributed by atoms with Crippen LogP contribution in [0.4, 0.5) is 0 Å². The van der Waals surface area contributed by atoms with E-state index in [0.29, 0.717) is 6.42 Å². The van der Waals surface area contributed by atoms with Crippen molar-refractivity contribution in [2.45, 2.75) is 18.9 Å². The average Bonchev–Trinajstić information content (AvgIpc) is 2.68. The zero-order valence-electron chi connectivity index (χ0n) is 9.20. The summed E-state index contributed by atoms with van der Waals surface area (Å²) in [5.41, 5.74) is 2.04. The van der Waals surface area contributed by atoms with Crippen LogP contribution in [0.3, 0.4) is 0 Å². The van der Waals surface area contributed by atoms with Crippen molar-refractivity contribution >= 4 is 10.3 Å². The Morgan fingerprint density at radius 3 is 2.82 bits per heavy atom. The third-order valence-electron chi connectivity index (χ3n) is 2.99. The van der Waals surface area contributed by atoms with Crippen LogP contribution in [0.15, 0.2) is 24.3 Å². The fraction of sp³-hybridized carbons (Fsp3) is 0.333. The van der Waals surface area contributed by atoms with Crippen molar-refractivity contribution in [3.8, 4) is 12.3 Å². The van der Waals surface area contributed by atoms with E-state index in [2.05, 4.69) is 5.92 Å². The van der Waals surface area contributed by atoms with Gasteiger partial charge in [-0.2, -0.15) is 12.7 Å². The van der Waals surface area contributed by atoms with Gasteiger partial charge in [0.15, 0.2) is 0 Å². The van der Waals surface area contributed by atoms with E-state index in [-0.39, 0.29) is 12.6 Å². The van der Waals surface area contributed by atoms with Gasteiger partial charge in [0.05, 0.1) is 12.6 Å². The van der Waals surface area contributed by atoms with E-state index < -0.39 is 10.3 Å². The van der Waals surface area contributed by atoms with E-state index in [1.807, 2.05) is 24.3 Å². The molecule has 0 saturated heterocycles. The predicted octanol–water partition coefficient (Wildman–Crippen LogP) is 1.41. The van der Waals surface area contributed by atoms with Crippen LogP contribution in [0.5, 0.6) is 0 Å². The van der Waals surface area contributed by atoms with Crippen LogP contribution in [-0.2, 0) is 16.7 Å². The molecule has 0 radical (unpaired) electrons. The molecule has 0 heterocycles. The number of terminal acetylenes is 1. The lowest BCUT2D eigenvalue weighted by Crippen LogP contribution is -2.33. The van der Waals surface area contributed by atoms with Crippen LogP contribution in [-0.4, -0.2) is 23.8 Å². The summed E-state index contributed by atoms with van der Waals surface area (Å²) in [7, 11) is -4.26. The van der Waals surface area contributed by atoms with Gasteiger partial charge in [0.1, 0.15) is 0 Å². The molecule has 0 unspecified atom stereocenters. The van der Waals surface area contributed by atoms with Gasteiger partial charge in [0.2, 0.25) is 0 Å². The van der Waals surface area contributed by atoms with Crippen molar-refractivity contribution in [2.24, 2.45) is 0 Å². The van der Waals surface area contributed by atoms with E-state index in [1.165, 1.54) is 0 Å². The minimum absolute atomic E-state index is 0.113. The Bertz CT molecular complexity index is 559. The zero-order chi connectivity index (χ0) is 12.5. The Kier molecular flexibility index (Phi) is 3.20. The molecule has 4 nitrogen and oxygen atoms in total. The van der Waals surface area contributed by atoms with E-state index in [0.717, 1.165) is 21.9 Å². The number of rotatable bonds is 3. The molecule has 0 aromatic heterocycles. The highest BCUT2D eigenvalue weighted by Gasteiger charge is 2.33. The van der Waals surface area contributed by atoms with Crippen molar-refractivity contribution in [1.82, 2.24) is 4.31 Å². The molecule has 1 aliphatic carbocycles. The second kappa shape index (κ2) is 4.49. The van der Waals surface area contributed by atoms with Crippen LogP contribution in [0.2, 0.25) is 0 Å². The first-order chi connectivity index (χ1) is 8.04. The van der Waals surface area contributed by atoms with Gasteiger partial charge in [-0.05, 0) is 24.0 Å². The molecule has 0 spiro atoms. The van der Waals surface area contributed by atoms with Crippen LogP contribution in [0.1, 0.15) is 23.6 Å². The molecular formula is C12H13NO3S. The number of fused-ring (bicyclic) bond motifs is 1. The molecular weight excluding hydrogens is 241 g/mol. The molecule has 1 aromatic rings. The topological polar surface area (TPSA) is 57.6 Å². The van der Waals surface area contributed by atoms with Gasteiger partial charge >= 0.3 is 10.3 Å². The smallest absolute Gasteiger partial charge is 0.273 e. The molecule has 5 heteroatoms. The van der Waals surface area contributed by atoms with Crippen molar-refractivity contribution in [2.75, 3.05) is 6.54 Å². The lowest BCUT2D eigenvalue weighted by Gasteiger charge is -2.23. The van der Waals surface area contributed by atoms with Crippen molar-refractivity contribution in [1.29, 1.82) is 0 Å². The number of hydrogen-bond acceptors (Lipinski definition) is 2. The predicted molar refractivity (Wildman–Crippen MR) is 64.6 cm³/mol. The van der Waals surface area contributed by atoms with Gasteiger partial charge in [0.25, 0.3) is 0 Å². The molecule has 17 heavy (non-hydrogen) atoms. The van der Waals surface area contributed by atoms with Crippen molar-refractivity contribution < 1.29 is 13.0 Å². The first-order valence-corrected chi connectivity index (χ1v) is 6.69. The third-order valence-corrected chi connectivity index (χ3v) is 3.97. The van der Waals surface area contributed by atoms with Gasteiger partial charge in [0, 0.05) is 0 Å². The monoisotopic (exact) mass is 254 g/mol. The molecule has 2 rings (SSSR count). The fourth-order valence-electron chi connectivity index (χ4n) is 2.28. The molecule has 0 bridgehead atoms. The molecule has 0 fully saturated rings. The maximum absolute atomic E-state index is 11.3. The van der Waals surface area contributed by atoms with Gasteiger partial charge in [-0.1, -0.05) is 30.2 Å². The zero-order valence-corrected chi connectivity index (χ0v) is 10.0. The lowest BCUT2D eigenvalue weighted by atomic mass is 10.1. The summed E-state index contributed by atoms with van der Waals surface area (Å²) in [6.07, 6.45) is 6.60. The summed E-state index contributed by atoms with van der Waals surface area (Å²) >= 11 is 0. The Balaban J connectivity index is 2.39. The maximum Gasteiger partial charge on any atom is 0.337 e. The van der Waals surface area contributed by atoms with Crippen LogP contribution < -0.4 is 0 Å². The third kappa shape index (κ3) is 2.34. The highest BCUT2D eigenvalue weighted by atomic mass is 32.2. The van der Waals surface area contributed by atoms with E-state index >= 15 is 0 Å². The van der Waals surface area contributed by atoms with Gasteiger partial charge < -0.3 is 0 Å². The Morgan fingerprint density at radius 1 is 1.47 bits per heavy atom. The van der Waals surface area contributed by atoms with Gasteiger partial charge in [-0.15, -0.1) is 6.42 Å². The molecule has 1 atom stereocenters. The SMILES string of the molecule is [13CH]#[13C][13CH2]N([C@@H]1CCc2ccccc21)S(=O)(=O)O. The van der Waals surface area contributed by atoms with Gasteiger partial charge in [-0.25, -0.2) is 0 Å². The molecule has 0 saturated carbocycles. The van der Waals surface area contributed by atoms with E-state index in [9.17, 15) is 13.0 Å². The maximum atomic E-state index is 11.3. The summed E-state index contributed by atoms with van der Waals surface area (Å²) in [4.78, 5) is 0. The summed E-state index contributed by atoms with van der Waals surface area (Å²) in [6, 6.07) is 7.27. The Morgan fingerprint density at radius 2 is 2.18 bits per heavy atom. The highest BCUT2D eigenvalue weighted by Crippen LogP contribution is 2.36. The summed E-state index contributed by atoms with van der Waals surface area (Å²) in [6.45, 7) is -0.113. The number of benzene rings is 1. The normalized spacial score (nSPS) is 19.0. The van der Waals surface area contributed by atoms with Crippen LogP contribution in [0, 0.1) is 12.3 Å². The molecule has 1 N–H and O–H groups in total. The molecule has 1 aliphatic rings. The highest BCUT2D eigenvalue weighted by molar-refractivity contribution is 7.83. The second-order valence-electron chi connectivity index (χ2n) is 3.98. The van der Waals surface area contributed by atoms with Crippen LogP contribution >= 0.6 is 0 Å². The molecule has 0 amide bonds. The minimum atomic E-state index is -4.26. The summed E-state index contributed by atoms with van der Waals surface area (Å²) in [5.74, 6) is 2.27. The average molecular weight is 254 g/mol. The lowest BCUT2D eigenvalue weighted by molar-refractivity contribution is 0.309. The van der Waals surface area contributed by atoms with Crippen LogP contribution in [0.25, 0.3) is 0 Å². The Hall–Kier alpha value is -1.35. The number of nitrogens with zero attached hydrogens (tertiary/aromatic N) is 1. The largest absolute Gasteiger partial charge is 0.337 e. The summed E-state index contributed by atoms with van der Waals surface area (Å²) in [5, 5.41) is 0. The van der Waals surface area contributed by atoms with Crippen molar-refractivity contribution in [3.63, 3.8) is 0 Å². The number of hydrogen-bond donors (Lipinski definition) is 1. The fourth-order valence-corrected chi connectivity index (χ4v) is 3.05. The summed E-state index contributed by atoms with van der Waals surface area (Å²) < 4.78 is 32.8. The minimum Gasteiger partial charge on any atom is -0.273 e. The van der Waals surface area contributed by atoms with Gasteiger partial charge in [-0.3, -0.25) is 4.55 Å². The molecule has 0 aliphatic heterocycles. The quantitative estimate of drug-likeness (QED) is 0.504. The number of aryl methyl sites for hydroxylation is 1. The second-order valence-corrected chi connectivity index (χ2v) is 5.35. The first kappa shape index (κ1) is 12.1. The molecule has 1 aromatic carbocycles. The van der Waals surface area contributed by atoms with Crippen molar-refractivity contribution in [3.05, 3.63) is 35.4 Å². The Labute approximate surface area is 101 Å². The van der Waals surface area contributed by atoms with E-state index in [1.54, 1.807) is 0 Å². The standard InChI is InChI=1S/C12H13NO3S/c1-2-9-13(17(14,15)16)12-8-7-10-5-3-4-6-11(10)12/h1,3-6,12H,7-9H2,(H,14,15,16)/t12-/m1/s1/i1+1,2+1,9+1. The van der Waals surface area contributed by atoms with E-state index in [4.69, 9.17) is 6.42 Å². The molecule has 90 valence electrons. The first-order valence-electron chi connectivity index (χ1n) is 5.29.